The van der Waals surface area contributed by atoms with Crippen LogP contribution in [0.2, 0.25) is 12.6 Å². The molecule has 3 fully saturated rings. The Morgan fingerprint density at radius 2 is 1.75 bits per heavy atom. The van der Waals surface area contributed by atoms with Crippen molar-refractivity contribution in [1.82, 2.24) is 14.2 Å². The third-order valence-corrected chi connectivity index (χ3v) is 14.6. The van der Waals surface area contributed by atoms with Gasteiger partial charge in [0.2, 0.25) is 0 Å². The lowest BCUT2D eigenvalue weighted by atomic mass is 10.1. The molecule has 2 N–H and O–H groups in total. The van der Waals surface area contributed by atoms with Crippen LogP contribution in [0.3, 0.4) is 0 Å². The van der Waals surface area contributed by atoms with Crippen LogP contribution < -0.4 is 21.6 Å². The van der Waals surface area contributed by atoms with Crippen LogP contribution in [-0.4, -0.2) is 71.1 Å². The smallest absolute Gasteiger partial charge is 0.330 e. The van der Waals surface area contributed by atoms with E-state index >= 15 is 4.39 Å². The summed E-state index contributed by atoms with van der Waals surface area (Å²) in [6.45, 7) is 2.68. The Bertz CT molecular complexity index is 1390. The van der Waals surface area contributed by atoms with Crippen molar-refractivity contribution in [2.75, 3.05) is 13.2 Å². The fraction of sp³-hybridized carbons (Fsp3) is 0.429. The van der Waals surface area contributed by atoms with E-state index in [1.54, 1.807) is 0 Å². The fourth-order valence-corrected chi connectivity index (χ4v) is 12.2. The van der Waals surface area contributed by atoms with Gasteiger partial charge in [0, 0.05) is 24.8 Å². The predicted molar refractivity (Wildman–Crippen MR) is 152 cm³/mol. The van der Waals surface area contributed by atoms with Gasteiger partial charge in [-0.15, -0.1) is 0 Å². The molecular weight excluding hydrogens is 552 g/mol. The molecule has 12 heteroatoms. The Balaban J connectivity index is 1.24. The molecule has 2 aromatic carbocycles. The molecule has 3 aromatic rings. The number of nitrogens with one attached hydrogen (secondary N) is 1. The number of aliphatic hydroxyl groups is 1. The summed E-state index contributed by atoms with van der Waals surface area (Å²) in [6, 6.07) is 23.3. The van der Waals surface area contributed by atoms with Crippen molar-refractivity contribution >= 4 is 27.0 Å². The Labute approximate surface area is 233 Å². The number of H-pyrrole nitrogens is 1. The van der Waals surface area contributed by atoms with Gasteiger partial charge in [-0.25, -0.2) is 13.9 Å². The first-order valence-electron chi connectivity index (χ1n) is 13.6. The SMILES string of the molecule is C[Si](C[C@H]1O[P@@](OC2[C@@H](CO)O[C@@H](n3ccc(=O)[nH]c3=O)[C@H]2F)N2CCC[C@@H]12)(c1ccccc1)c1ccccc1. The third kappa shape index (κ3) is 5.05. The monoisotopic (exact) mass is 585 g/mol. The van der Waals surface area contributed by atoms with Gasteiger partial charge in [-0.3, -0.25) is 14.3 Å². The second-order valence-electron chi connectivity index (χ2n) is 10.8. The molecule has 0 aliphatic carbocycles. The topological polar surface area (TPSA) is 106 Å². The van der Waals surface area contributed by atoms with Crippen LogP contribution in [0, 0.1) is 0 Å². The number of hydrogen-bond donors (Lipinski definition) is 2. The van der Waals surface area contributed by atoms with Crippen molar-refractivity contribution in [2.45, 2.75) is 62.2 Å². The number of alkyl halides is 1. The van der Waals surface area contributed by atoms with Crippen molar-refractivity contribution in [3.63, 3.8) is 0 Å². The van der Waals surface area contributed by atoms with Gasteiger partial charge in [0.1, 0.15) is 20.3 Å². The van der Waals surface area contributed by atoms with E-state index in [-0.39, 0.29) is 12.1 Å². The van der Waals surface area contributed by atoms with Crippen LogP contribution in [0.5, 0.6) is 0 Å². The van der Waals surface area contributed by atoms with E-state index in [2.05, 4.69) is 64.7 Å². The van der Waals surface area contributed by atoms with Crippen molar-refractivity contribution < 1.29 is 23.3 Å². The second kappa shape index (κ2) is 11.4. The van der Waals surface area contributed by atoms with Gasteiger partial charge >= 0.3 is 5.69 Å². The number of aromatic nitrogens is 2. The number of benzene rings is 2. The first-order chi connectivity index (χ1) is 19.4. The number of rotatable bonds is 8. The molecule has 3 aliphatic rings. The Kier molecular flexibility index (Phi) is 7.89. The number of ether oxygens (including phenoxy) is 1. The Morgan fingerprint density at radius 3 is 2.38 bits per heavy atom. The van der Waals surface area contributed by atoms with Gasteiger partial charge < -0.3 is 18.9 Å². The van der Waals surface area contributed by atoms with Crippen molar-refractivity contribution in [3.8, 4) is 0 Å². The number of fused-ring (bicyclic) bond motifs is 1. The lowest BCUT2D eigenvalue weighted by molar-refractivity contribution is -0.0473. The molecule has 0 radical (unpaired) electrons. The molecule has 1 aromatic heterocycles. The molecule has 0 spiro atoms. The maximum atomic E-state index is 15.8. The summed E-state index contributed by atoms with van der Waals surface area (Å²) in [7, 11) is -3.81. The standard InChI is InChI=1S/C28H33FN3O6PSi/c1-40(19-9-4-2-5-10-19,20-11-6-3-7-12-20)18-23-21-13-8-15-32(21)39(37-23)38-26-22(17-33)36-27(25(26)29)31-16-14-24(34)30-28(31)35/h2-7,9-12,14,16,21-23,25-27,33H,8,13,15,17-18H2,1H3,(H,30,34,35)/t21-,22+,23+,25-,26?,27+,39-/m0/s1. The fourth-order valence-electron chi connectivity index (χ4n) is 6.20. The summed E-state index contributed by atoms with van der Waals surface area (Å²) in [5, 5.41) is 12.6. The lowest BCUT2D eigenvalue weighted by Crippen LogP contribution is -2.58. The maximum Gasteiger partial charge on any atom is 0.330 e. The van der Waals surface area contributed by atoms with Gasteiger partial charge in [-0.05, 0) is 18.9 Å². The molecule has 0 bridgehead atoms. The minimum atomic E-state index is -2.20. The number of aliphatic hydroxyl groups excluding tert-OH is 1. The van der Waals surface area contributed by atoms with Gasteiger partial charge in [0.25, 0.3) is 14.1 Å². The Morgan fingerprint density at radius 1 is 1.07 bits per heavy atom. The van der Waals surface area contributed by atoms with Crippen LogP contribution in [0.25, 0.3) is 0 Å². The minimum Gasteiger partial charge on any atom is -0.394 e. The van der Waals surface area contributed by atoms with E-state index in [4.69, 9.17) is 13.8 Å². The number of hydrogen-bond acceptors (Lipinski definition) is 7. The van der Waals surface area contributed by atoms with Crippen LogP contribution in [0.4, 0.5) is 4.39 Å². The van der Waals surface area contributed by atoms with Crippen LogP contribution in [0.1, 0.15) is 19.1 Å². The van der Waals surface area contributed by atoms with Crippen LogP contribution in [0.15, 0.2) is 82.5 Å². The summed E-state index contributed by atoms with van der Waals surface area (Å²) >= 11 is 0. The number of nitrogens with zero attached hydrogens (tertiary/aromatic N) is 2. The maximum absolute atomic E-state index is 15.8. The highest BCUT2D eigenvalue weighted by atomic mass is 31.2. The normalized spacial score (nSPS) is 30.5. The quantitative estimate of drug-likeness (QED) is 0.308. The molecule has 212 valence electrons. The molecule has 0 amide bonds. The highest BCUT2D eigenvalue weighted by Crippen LogP contribution is 2.59. The van der Waals surface area contributed by atoms with Crippen molar-refractivity contribution in [2.24, 2.45) is 0 Å². The first-order valence-corrected chi connectivity index (χ1v) is 17.5. The zero-order valence-corrected chi connectivity index (χ0v) is 24.0. The summed E-state index contributed by atoms with van der Waals surface area (Å²) in [6.07, 6.45) is -2.12. The molecule has 40 heavy (non-hydrogen) atoms. The van der Waals surface area contributed by atoms with Gasteiger partial charge in [-0.1, -0.05) is 77.6 Å². The average Bonchev–Trinajstić information content (AvgIpc) is 3.66. The average molecular weight is 586 g/mol. The minimum absolute atomic E-state index is 0.0868. The predicted octanol–water partition coefficient (Wildman–Crippen LogP) is 2.13. The lowest BCUT2D eigenvalue weighted by Gasteiger charge is -2.32. The van der Waals surface area contributed by atoms with Gasteiger partial charge in [0.15, 0.2) is 12.4 Å². The summed E-state index contributed by atoms with van der Waals surface area (Å²) in [5.74, 6) is 0. The van der Waals surface area contributed by atoms with Crippen LogP contribution in [-0.2, 0) is 13.8 Å². The molecule has 3 saturated heterocycles. The Hall–Kier alpha value is -2.50. The zero-order valence-electron chi connectivity index (χ0n) is 22.1. The molecule has 0 saturated carbocycles. The molecule has 6 rings (SSSR count). The zero-order chi connectivity index (χ0) is 27.9. The largest absolute Gasteiger partial charge is 0.394 e. The highest BCUT2D eigenvalue weighted by Gasteiger charge is 2.54. The molecule has 9 nitrogen and oxygen atoms in total. The van der Waals surface area contributed by atoms with Crippen molar-refractivity contribution in [1.29, 1.82) is 0 Å². The second-order valence-corrected chi connectivity index (χ2v) is 16.4. The molecular formula is C28H33FN3O6PSi. The first kappa shape index (κ1) is 27.7. The third-order valence-electron chi connectivity index (χ3n) is 8.35. The van der Waals surface area contributed by atoms with Crippen LogP contribution >= 0.6 is 8.53 Å². The van der Waals surface area contributed by atoms with E-state index in [1.807, 2.05) is 12.1 Å². The summed E-state index contributed by atoms with van der Waals surface area (Å²) < 4.78 is 37.7. The summed E-state index contributed by atoms with van der Waals surface area (Å²) in [5.41, 5.74) is -1.37. The molecule has 4 heterocycles. The number of halogens is 1. The molecule has 7 atom stereocenters. The number of aromatic amines is 1. The van der Waals surface area contributed by atoms with E-state index in [9.17, 15) is 14.7 Å². The van der Waals surface area contributed by atoms with E-state index < -0.39 is 59.1 Å². The van der Waals surface area contributed by atoms with Gasteiger partial charge in [0.05, 0.1) is 12.7 Å². The summed E-state index contributed by atoms with van der Waals surface area (Å²) in [4.78, 5) is 25.9. The van der Waals surface area contributed by atoms with E-state index in [0.717, 1.165) is 36.1 Å². The molecule has 3 aliphatic heterocycles. The molecule has 1 unspecified atom stereocenters. The van der Waals surface area contributed by atoms with E-state index in [1.165, 1.54) is 16.6 Å². The highest BCUT2D eigenvalue weighted by molar-refractivity contribution is 7.45. The van der Waals surface area contributed by atoms with E-state index in [0.29, 0.717) is 0 Å². The van der Waals surface area contributed by atoms with Gasteiger partial charge in [-0.2, -0.15) is 0 Å². The van der Waals surface area contributed by atoms with Crippen molar-refractivity contribution in [3.05, 3.63) is 93.8 Å².